The molecule has 0 saturated carbocycles. The number of nitrogens with zero attached hydrogens (tertiary/aromatic N) is 1. The summed E-state index contributed by atoms with van der Waals surface area (Å²) in [5.74, 6) is 0.315. The molecule has 0 aliphatic rings. The summed E-state index contributed by atoms with van der Waals surface area (Å²) >= 11 is 0. The van der Waals surface area contributed by atoms with Crippen LogP contribution in [0.15, 0.2) is 24.3 Å². The number of carbonyl (C=O) groups is 1. The second kappa shape index (κ2) is 6.94. The van der Waals surface area contributed by atoms with Gasteiger partial charge in [-0.1, -0.05) is 31.9 Å². The first-order valence-electron chi connectivity index (χ1n) is 6.15. The molecule has 1 rings (SSSR count). The molecule has 0 bridgehead atoms. The molecule has 17 heavy (non-hydrogen) atoms. The van der Waals surface area contributed by atoms with Gasteiger partial charge in [0.05, 0.1) is 6.42 Å². The van der Waals surface area contributed by atoms with Crippen molar-refractivity contribution in [1.82, 2.24) is 4.90 Å². The molecule has 0 heterocycles. The van der Waals surface area contributed by atoms with Gasteiger partial charge >= 0.3 is 0 Å². The maximum Gasteiger partial charge on any atom is 0.226 e. The molecule has 0 fully saturated rings. The van der Waals surface area contributed by atoms with Gasteiger partial charge < -0.3 is 10.0 Å². The lowest BCUT2D eigenvalue weighted by atomic mass is 10.1. The van der Waals surface area contributed by atoms with Gasteiger partial charge in [-0.15, -0.1) is 0 Å². The standard InChI is InChI=1S/C14H21NO2/c1-3-4-5-9-15(2)14(17)11-12-7-6-8-13(16)10-12/h6-8,10,16H,3-5,9,11H2,1-2H3. The molecule has 3 nitrogen and oxygen atoms in total. The van der Waals surface area contributed by atoms with Crippen molar-refractivity contribution in [1.29, 1.82) is 0 Å². The number of benzene rings is 1. The zero-order valence-corrected chi connectivity index (χ0v) is 10.6. The molecule has 0 aromatic heterocycles. The Labute approximate surface area is 103 Å². The zero-order valence-electron chi connectivity index (χ0n) is 10.6. The van der Waals surface area contributed by atoms with Gasteiger partial charge in [0.2, 0.25) is 5.91 Å². The lowest BCUT2D eigenvalue weighted by Gasteiger charge is -2.17. The fourth-order valence-electron chi connectivity index (χ4n) is 1.70. The monoisotopic (exact) mass is 235 g/mol. The van der Waals surface area contributed by atoms with Crippen molar-refractivity contribution >= 4 is 5.91 Å². The van der Waals surface area contributed by atoms with E-state index >= 15 is 0 Å². The minimum absolute atomic E-state index is 0.103. The fraction of sp³-hybridized carbons (Fsp3) is 0.500. The normalized spacial score (nSPS) is 10.2. The molecule has 0 radical (unpaired) electrons. The van der Waals surface area contributed by atoms with E-state index in [1.54, 1.807) is 23.1 Å². The van der Waals surface area contributed by atoms with E-state index in [2.05, 4.69) is 6.92 Å². The number of phenolic OH excluding ortho intramolecular Hbond substituents is 1. The lowest BCUT2D eigenvalue weighted by Crippen LogP contribution is -2.29. The average Bonchev–Trinajstić information content (AvgIpc) is 2.29. The van der Waals surface area contributed by atoms with Crippen LogP contribution in [0.1, 0.15) is 31.7 Å². The predicted molar refractivity (Wildman–Crippen MR) is 69.0 cm³/mol. The molecular weight excluding hydrogens is 214 g/mol. The quantitative estimate of drug-likeness (QED) is 0.770. The Bertz CT molecular complexity index is 363. The summed E-state index contributed by atoms with van der Waals surface area (Å²) in [6.45, 7) is 2.96. The second-order valence-electron chi connectivity index (χ2n) is 4.37. The van der Waals surface area contributed by atoms with Gasteiger partial charge in [-0.05, 0) is 24.1 Å². The number of hydrogen-bond acceptors (Lipinski definition) is 2. The van der Waals surface area contributed by atoms with Gasteiger partial charge in [0.1, 0.15) is 5.75 Å². The number of rotatable bonds is 6. The number of likely N-dealkylation sites (N-methyl/N-ethyl adjacent to an activating group) is 1. The first-order chi connectivity index (χ1) is 8.13. The van der Waals surface area contributed by atoms with E-state index in [9.17, 15) is 9.90 Å². The Morgan fingerprint density at radius 1 is 1.35 bits per heavy atom. The predicted octanol–water partition coefficient (Wildman–Crippen LogP) is 2.58. The summed E-state index contributed by atoms with van der Waals surface area (Å²) < 4.78 is 0. The first-order valence-corrected chi connectivity index (χ1v) is 6.15. The van der Waals surface area contributed by atoms with Crippen LogP contribution in [0.25, 0.3) is 0 Å². The highest BCUT2D eigenvalue weighted by Gasteiger charge is 2.09. The maximum atomic E-state index is 11.9. The molecule has 94 valence electrons. The molecule has 0 aliphatic carbocycles. The molecule has 3 heteroatoms. The van der Waals surface area contributed by atoms with E-state index in [-0.39, 0.29) is 11.7 Å². The summed E-state index contributed by atoms with van der Waals surface area (Å²) in [4.78, 5) is 13.6. The Hall–Kier alpha value is -1.51. The van der Waals surface area contributed by atoms with Crippen molar-refractivity contribution in [3.8, 4) is 5.75 Å². The Morgan fingerprint density at radius 2 is 2.12 bits per heavy atom. The second-order valence-corrected chi connectivity index (χ2v) is 4.37. The molecule has 1 aromatic carbocycles. The number of amides is 1. The molecule has 1 N–H and O–H groups in total. The van der Waals surface area contributed by atoms with Crippen molar-refractivity contribution in [2.45, 2.75) is 32.6 Å². The third-order valence-corrected chi connectivity index (χ3v) is 2.79. The van der Waals surface area contributed by atoms with Gasteiger partial charge in [0.15, 0.2) is 0 Å². The number of carbonyl (C=O) groups excluding carboxylic acids is 1. The van der Waals surface area contributed by atoms with Crippen LogP contribution in [-0.2, 0) is 11.2 Å². The molecule has 0 unspecified atom stereocenters. The van der Waals surface area contributed by atoms with Crippen molar-refractivity contribution in [3.05, 3.63) is 29.8 Å². The minimum Gasteiger partial charge on any atom is -0.508 e. The Morgan fingerprint density at radius 3 is 2.76 bits per heavy atom. The average molecular weight is 235 g/mol. The fourth-order valence-corrected chi connectivity index (χ4v) is 1.70. The summed E-state index contributed by atoms with van der Waals surface area (Å²) in [6.07, 6.45) is 3.73. The van der Waals surface area contributed by atoms with Crippen molar-refractivity contribution < 1.29 is 9.90 Å². The molecule has 1 amide bonds. The van der Waals surface area contributed by atoms with Gasteiger partial charge in [-0.25, -0.2) is 0 Å². The summed E-state index contributed by atoms with van der Waals surface area (Å²) in [5, 5.41) is 9.31. The topological polar surface area (TPSA) is 40.5 Å². The highest BCUT2D eigenvalue weighted by Crippen LogP contribution is 2.12. The molecule has 1 aromatic rings. The smallest absolute Gasteiger partial charge is 0.226 e. The molecule has 0 saturated heterocycles. The molecular formula is C14H21NO2. The highest BCUT2D eigenvalue weighted by molar-refractivity contribution is 5.78. The van der Waals surface area contributed by atoms with E-state index in [1.807, 2.05) is 13.1 Å². The van der Waals surface area contributed by atoms with Crippen LogP contribution in [0.4, 0.5) is 0 Å². The number of hydrogen-bond donors (Lipinski definition) is 1. The first kappa shape index (κ1) is 13.6. The van der Waals surface area contributed by atoms with Crippen LogP contribution in [0.2, 0.25) is 0 Å². The number of phenols is 1. The maximum absolute atomic E-state index is 11.9. The van der Waals surface area contributed by atoms with Crippen molar-refractivity contribution in [3.63, 3.8) is 0 Å². The summed E-state index contributed by atoms with van der Waals surface area (Å²) in [6, 6.07) is 6.86. The Kier molecular flexibility index (Phi) is 5.53. The lowest BCUT2D eigenvalue weighted by molar-refractivity contribution is -0.129. The summed E-state index contributed by atoms with van der Waals surface area (Å²) in [7, 11) is 1.83. The molecule has 0 atom stereocenters. The van der Waals surface area contributed by atoms with Crippen molar-refractivity contribution in [2.24, 2.45) is 0 Å². The summed E-state index contributed by atoms with van der Waals surface area (Å²) in [5.41, 5.74) is 0.859. The van der Waals surface area contributed by atoms with Crippen LogP contribution in [0.3, 0.4) is 0 Å². The molecule has 0 aliphatic heterocycles. The van der Waals surface area contributed by atoms with Gasteiger partial charge in [0, 0.05) is 13.6 Å². The van der Waals surface area contributed by atoms with Gasteiger partial charge in [-0.2, -0.15) is 0 Å². The van der Waals surface area contributed by atoms with Gasteiger partial charge in [-0.3, -0.25) is 4.79 Å². The van der Waals surface area contributed by atoms with Gasteiger partial charge in [0.25, 0.3) is 0 Å². The number of unbranched alkanes of at least 4 members (excludes halogenated alkanes) is 2. The van der Waals surface area contributed by atoms with E-state index in [0.29, 0.717) is 6.42 Å². The third-order valence-electron chi connectivity index (χ3n) is 2.79. The molecule has 0 spiro atoms. The highest BCUT2D eigenvalue weighted by atomic mass is 16.3. The van der Waals surface area contributed by atoms with Crippen LogP contribution >= 0.6 is 0 Å². The SMILES string of the molecule is CCCCCN(C)C(=O)Cc1cccc(O)c1. The van der Waals surface area contributed by atoms with E-state index in [1.165, 1.54) is 0 Å². The van der Waals surface area contributed by atoms with E-state index in [0.717, 1.165) is 31.4 Å². The van der Waals surface area contributed by atoms with E-state index in [4.69, 9.17) is 0 Å². The largest absolute Gasteiger partial charge is 0.508 e. The van der Waals surface area contributed by atoms with Crippen LogP contribution in [0.5, 0.6) is 5.75 Å². The zero-order chi connectivity index (χ0) is 12.7. The Balaban J connectivity index is 2.43. The van der Waals surface area contributed by atoms with Crippen LogP contribution in [-0.4, -0.2) is 29.5 Å². The number of aromatic hydroxyl groups is 1. The minimum atomic E-state index is 0.103. The van der Waals surface area contributed by atoms with E-state index < -0.39 is 0 Å². The van der Waals surface area contributed by atoms with Crippen LogP contribution < -0.4 is 0 Å². The van der Waals surface area contributed by atoms with Crippen LogP contribution in [0, 0.1) is 0 Å². The van der Waals surface area contributed by atoms with Crippen molar-refractivity contribution in [2.75, 3.05) is 13.6 Å². The third kappa shape index (κ3) is 4.89.